The van der Waals surface area contributed by atoms with Gasteiger partial charge in [-0.15, -0.1) is 10.2 Å². The van der Waals surface area contributed by atoms with Crippen LogP contribution in [0.15, 0.2) is 66.0 Å². The number of fused-ring (bicyclic) bond motifs is 1. The molecule has 10 heteroatoms. The van der Waals surface area contributed by atoms with E-state index < -0.39 is 0 Å². The molecule has 2 aromatic carbocycles. The number of rotatable bonds is 7. The van der Waals surface area contributed by atoms with E-state index in [1.165, 1.54) is 35.2 Å². The van der Waals surface area contributed by atoms with Gasteiger partial charge in [-0.3, -0.25) is 9.36 Å². The molecule has 7 nitrogen and oxygen atoms in total. The number of halogens is 1. The number of thiazole rings is 1. The molecule has 0 saturated heterocycles. The average Bonchev–Trinajstić information content (AvgIpc) is 3.51. The largest absolute Gasteiger partial charge is 0.354 e. The molecule has 0 saturated carbocycles. The van der Waals surface area contributed by atoms with Crippen molar-refractivity contribution >= 4 is 44.4 Å². The minimum atomic E-state index is -0.319. The second kappa shape index (κ2) is 9.40. The topological polar surface area (TPSA) is 77.6 Å². The number of aryl methyl sites for hydroxylation is 2. The molecule has 0 spiro atoms. The van der Waals surface area contributed by atoms with Crippen molar-refractivity contribution in [1.29, 1.82) is 0 Å². The highest BCUT2D eigenvalue weighted by Crippen LogP contribution is 2.28. The molecule has 34 heavy (non-hydrogen) atoms. The molecule has 0 radical (unpaired) electrons. The van der Waals surface area contributed by atoms with Crippen molar-refractivity contribution in [3.8, 4) is 5.69 Å². The van der Waals surface area contributed by atoms with Crippen LogP contribution in [0.25, 0.3) is 15.9 Å². The number of hydrogen-bond donors (Lipinski definition) is 1. The van der Waals surface area contributed by atoms with E-state index in [0.717, 1.165) is 27.2 Å². The van der Waals surface area contributed by atoms with Crippen LogP contribution in [0.4, 0.5) is 9.52 Å². The van der Waals surface area contributed by atoms with Gasteiger partial charge in [0.2, 0.25) is 5.91 Å². The van der Waals surface area contributed by atoms with E-state index in [9.17, 15) is 9.18 Å². The molecule has 0 fully saturated rings. The molecule has 0 aliphatic rings. The summed E-state index contributed by atoms with van der Waals surface area (Å²) in [6.45, 7) is 2.03. The van der Waals surface area contributed by atoms with Crippen molar-refractivity contribution in [2.75, 3.05) is 11.1 Å². The van der Waals surface area contributed by atoms with E-state index >= 15 is 0 Å². The zero-order valence-electron chi connectivity index (χ0n) is 18.5. The van der Waals surface area contributed by atoms with Gasteiger partial charge in [0.05, 0.1) is 16.0 Å². The maximum absolute atomic E-state index is 13.5. The van der Waals surface area contributed by atoms with Crippen LogP contribution in [0.3, 0.4) is 0 Å². The van der Waals surface area contributed by atoms with Crippen LogP contribution in [0.1, 0.15) is 17.1 Å². The second-order valence-corrected chi connectivity index (χ2v) is 9.80. The Morgan fingerprint density at radius 3 is 2.74 bits per heavy atom. The van der Waals surface area contributed by atoms with Gasteiger partial charge in [0, 0.05) is 31.0 Å². The predicted octanol–water partition coefficient (Wildman–Crippen LogP) is 4.98. The quantitative estimate of drug-likeness (QED) is 0.324. The number of anilines is 1. The summed E-state index contributed by atoms with van der Waals surface area (Å²) >= 11 is 2.72. The molecule has 1 N–H and O–H groups in total. The highest BCUT2D eigenvalue weighted by Gasteiger charge is 2.18. The number of carbonyl (C=O) groups is 1. The van der Waals surface area contributed by atoms with Gasteiger partial charge in [-0.1, -0.05) is 29.2 Å². The third-order valence-corrected chi connectivity index (χ3v) is 7.16. The lowest BCUT2D eigenvalue weighted by Gasteiger charge is -2.11. The molecule has 0 unspecified atom stereocenters. The number of thioether (sulfide) groups is 1. The van der Waals surface area contributed by atoms with Gasteiger partial charge in [-0.25, -0.2) is 9.37 Å². The Hall–Kier alpha value is -3.50. The minimum Gasteiger partial charge on any atom is -0.354 e. The zero-order valence-corrected chi connectivity index (χ0v) is 20.2. The lowest BCUT2D eigenvalue weighted by atomic mass is 10.2. The van der Waals surface area contributed by atoms with Crippen molar-refractivity contribution in [2.24, 2.45) is 7.05 Å². The maximum Gasteiger partial charge on any atom is 0.236 e. The molecule has 172 valence electrons. The van der Waals surface area contributed by atoms with Gasteiger partial charge in [-0.2, -0.15) is 0 Å². The summed E-state index contributed by atoms with van der Waals surface area (Å²) in [4.78, 5) is 17.1. The van der Waals surface area contributed by atoms with Crippen LogP contribution >= 0.6 is 23.1 Å². The van der Waals surface area contributed by atoms with Gasteiger partial charge < -0.3 is 9.88 Å². The highest BCUT2D eigenvalue weighted by molar-refractivity contribution is 7.99. The van der Waals surface area contributed by atoms with E-state index in [-0.39, 0.29) is 17.5 Å². The van der Waals surface area contributed by atoms with Crippen molar-refractivity contribution in [3.05, 3.63) is 83.7 Å². The van der Waals surface area contributed by atoms with E-state index in [1.54, 1.807) is 12.1 Å². The Balaban J connectivity index is 1.35. The first-order valence-corrected chi connectivity index (χ1v) is 12.4. The Labute approximate surface area is 203 Å². The van der Waals surface area contributed by atoms with Gasteiger partial charge in [-0.05, 0) is 61.0 Å². The molecule has 0 aliphatic heterocycles. The van der Waals surface area contributed by atoms with E-state index in [0.29, 0.717) is 22.5 Å². The third-order valence-electron chi connectivity index (χ3n) is 5.30. The number of benzene rings is 2. The molecule has 0 bridgehead atoms. The summed E-state index contributed by atoms with van der Waals surface area (Å²) in [5.74, 6) is 0.343. The van der Waals surface area contributed by atoms with Gasteiger partial charge in [0.1, 0.15) is 11.6 Å². The number of carbonyl (C=O) groups excluding carboxylic acids is 1. The summed E-state index contributed by atoms with van der Waals surface area (Å²) in [6, 6.07) is 16.2. The molecule has 0 atom stereocenters. The van der Waals surface area contributed by atoms with Crippen molar-refractivity contribution in [3.63, 3.8) is 0 Å². The van der Waals surface area contributed by atoms with Crippen molar-refractivity contribution in [2.45, 2.75) is 18.5 Å². The Morgan fingerprint density at radius 2 is 1.97 bits per heavy atom. The lowest BCUT2D eigenvalue weighted by molar-refractivity contribution is -0.113. The Bertz CT molecular complexity index is 1470. The minimum absolute atomic E-state index is 0.137. The van der Waals surface area contributed by atoms with E-state index in [1.807, 2.05) is 53.6 Å². The van der Waals surface area contributed by atoms with Crippen molar-refractivity contribution in [1.82, 2.24) is 24.3 Å². The molecular formula is C24H21FN6OS2. The number of amides is 1. The third kappa shape index (κ3) is 4.73. The van der Waals surface area contributed by atoms with Crippen LogP contribution in [0.2, 0.25) is 0 Å². The summed E-state index contributed by atoms with van der Waals surface area (Å²) in [5, 5.41) is 12.7. The highest BCUT2D eigenvalue weighted by atomic mass is 32.2. The number of hydrogen-bond acceptors (Lipinski definition) is 6. The smallest absolute Gasteiger partial charge is 0.236 e. The maximum atomic E-state index is 13.5. The van der Waals surface area contributed by atoms with E-state index in [4.69, 9.17) is 0 Å². The average molecular weight is 493 g/mol. The number of nitrogens with one attached hydrogen (secondary N) is 1. The summed E-state index contributed by atoms with van der Waals surface area (Å²) in [5.41, 5.74) is 3.81. The SMILES string of the molecule is Cc1ccc2nc(NC(=O)CSc3nnc(Cc4cccn4C)n3-c3ccc(F)cc3)sc2c1. The van der Waals surface area contributed by atoms with Crippen LogP contribution in [0.5, 0.6) is 0 Å². The van der Waals surface area contributed by atoms with Crippen LogP contribution in [0, 0.1) is 12.7 Å². The van der Waals surface area contributed by atoms with E-state index in [2.05, 4.69) is 26.6 Å². The number of aromatic nitrogens is 5. The second-order valence-electron chi connectivity index (χ2n) is 7.82. The van der Waals surface area contributed by atoms with Crippen LogP contribution in [-0.4, -0.2) is 36.0 Å². The van der Waals surface area contributed by atoms with Gasteiger partial charge >= 0.3 is 0 Å². The summed E-state index contributed by atoms with van der Waals surface area (Å²) in [6.07, 6.45) is 2.52. The standard InChI is InChI=1S/C24H21FN6OS2/c1-15-5-10-19-20(12-15)34-23(26-19)27-22(32)14-33-24-29-28-21(13-18-4-3-11-30(18)2)31(24)17-8-6-16(25)7-9-17/h3-12H,13-14H2,1-2H3,(H,26,27,32). The molecule has 5 rings (SSSR count). The molecule has 1 amide bonds. The fraction of sp³-hybridized carbons (Fsp3) is 0.167. The fourth-order valence-corrected chi connectivity index (χ4v) is 5.32. The lowest BCUT2D eigenvalue weighted by Crippen LogP contribution is -2.14. The predicted molar refractivity (Wildman–Crippen MR) is 133 cm³/mol. The van der Waals surface area contributed by atoms with Gasteiger partial charge in [0.25, 0.3) is 0 Å². The molecular weight excluding hydrogens is 471 g/mol. The number of nitrogens with zero attached hydrogens (tertiary/aromatic N) is 5. The summed E-state index contributed by atoms with van der Waals surface area (Å²) < 4.78 is 18.5. The Morgan fingerprint density at radius 1 is 1.15 bits per heavy atom. The molecule has 3 heterocycles. The normalized spacial score (nSPS) is 11.3. The van der Waals surface area contributed by atoms with Gasteiger partial charge in [0.15, 0.2) is 10.3 Å². The van der Waals surface area contributed by atoms with Crippen LogP contribution in [-0.2, 0) is 18.3 Å². The van der Waals surface area contributed by atoms with Crippen molar-refractivity contribution < 1.29 is 9.18 Å². The molecule has 3 aromatic heterocycles. The monoisotopic (exact) mass is 492 g/mol. The first kappa shape index (κ1) is 22.3. The Kier molecular flexibility index (Phi) is 6.16. The summed E-state index contributed by atoms with van der Waals surface area (Å²) in [7, 11) is 1.97. The zero-order chi connectivity index (χ0) is 23.7. The first-order valence-electron chi connectivity index (χ1n) is 10.6. The molecule has 5 aromatic rings. The van der Waals surface area contributed by atoms with Crippen LogP contribution < -0.4 is 5.32 Å². The first-order chi connectivity index (χ1) is 16.5. The molecule has 0 aliphatic carbocycles. The fourth-order valence-electron chi connectivity index (χ4n) is 3.57.